The van der Waals surface area contributed by atoms with Gasteiger partial charge in [0, 0.05) is 18.6 Å². The Balaban J connectivity index is 2.24. The molecule has 1 aliphatic rings. The van der Waals surface area contributed by atoms with Gasteiger partial charge in [-0.05, 0) is 34.0 Å². The third-order valence-corrected chi connectivity index (χ3v) is 3.65. The average Bonchev–Trinajstić information content (AvgIpc) is 2.74. The summed E-state index contributed by atoms with van der Waals surface area (Å²) in [5, 5.41) is 0. The summed E-state index contributed by atoms with van der Waals surface area (Å²) < 4.78 is 19.0. The summed E-state index contributed by atoms with van der Waals surface area (Å²) in [6.07, 6.45) is 0.949. The van der Waals surface area contributed by atoms with E-state index in [1.165, 1.54) is 6.07 Å². The van der Waals surface area contributed by atoms with E-state index < -0.39 is 0 Å². The second kappa shape index (κ2) is 4.60. The van der Waals surface area contributed by atoms with E-state index in [-0.39, 0.29) is 11.9 Å². The largest absolute Gasteiger partial charge is 0.381 e. The van der Waals surface area contributed by atoms with Gasteiger partial charge < -0.3 is 10.5 Å². The lowest BCUT2D eigenvalue weighted by Gasteiger charge is -2.19. The van der Waals surface area contributed by atoms with Crippen molar-refractivity contribution in [1.29, 1.82) is 0 Å². The predicted molar refractivity (Wildman–Crippen MR) is 60.0 cm³/mol. The van der Waals surface area contributed by atoms with E-state index in [9.17, 15) is 4.39 Å². The Bertz CT molecular complexity index is 352. The fraction of sp³-hybridized carbons (Fsp3) is 0.455. The zero-order valence-electron chi connectivity index (χ0n) is 8.25. The third kappa shape index (κ3) is 2.22. The van der Waals surface area contributed by atoms with E-state index in [4.69, 9.17) is 10.5 Å². The average molecular weight is 274 g/mol. The lowest BCUT2D eigenvalue weighted by molar-refractivity contribution is 0.181. The van der Waals surface area contributed by atoms with E-state index in [2.05, 4.69) is 15.9 Å². The van der Waals surface area contributed by atoms with Gasteiger partial charge in [0.25, 0.3) is 0 Å². The Morgan fingerprint density at radius 1 is 1.53 bits per heavy atom. The van der Waals surface area contributed by atoms with Gasteiger partial charge in [-0.3, -0.25) is 0 Å². The molecule has 0 bridgehead atoms. The maximum atomic E-state index is 13.3. The Morgan fingerprint density at radius 3 is 3.00 bits per heavy atom. The van der Waals surface area contributed by atoms with Crippen LogP contribution in [-0.2, 0) is 4.74 Å². The summed E-state index contributed by atoms with van der Waals surface area (Å²) in [7, 11) is 0. The van der Waals surface area contributed by atoms with Crippen LogP contribution in [0.25, 0.3) is 0 Å². The Kier molecular flexibility index (Phi) is 3.38. The van der Waals surface area contributed by atoms with Crippen LogP contribution in [0.5, 0.6) is 0 Å². The van der Waals surface area contributed by atoms with Gasteiger partial charge in [0.2, 0.25) is 0 Å². The van der Waals surface area contributed by atoms with Crippen LogP contribution in [0.3, 0.4) is 0 Å². The van der Waals surface area contributed by atoms with Gasteiger partial charge in [-0.15, -0.1) is 0 Å². The van der Waals surface area contributed by atoms with E-state index in [1.54, 1.807) is 6.07 Å². The van der Waals surface area contributed by atoms with Crippen molar-refractivity contribution in [2.45, 2.75) is 12.5 Å². The van der Waals surface area contributed by atoms with Crippen molar-refractivity contribution in [3.63, 3.8) is 0 Å². The van der Waals surface area contributed by atoms with Crippen molar-refractivity contribution < 1.29 is 9.13 Å². The van der Waals surface area contributed by atoms with Crippen molar-refractivity contribution in [3.05, 3.63) is 34.1 Å². The van der Waals surface area contributed by atoms with Gasteiger partial charge in [0.05, 0.1) is 11.1 Å². The molecule has 4 heteroatoms. The van der Waals surface area contributed by atoms with Gasteiger partial charge in [0.15, 0.2) is 0 Å². The minimum absolute atomic E-state index is 0.155. The van der Waals surface area contributed by atoms with Crippen LogP contribution in [0, 0.1) is 11.7 Å². The van der Waals surface area contributed by atoms with Crippen molar-refractivity contribution in [1.82, 2.24) is 0 Å². The lowest BCUT2D eigenvalue weighted by atomic mass is 9.93. The van der Waals surface area contributed by atoms with Crippen molar-refractivity contribution in [3.8, 4) is 0 Å². The first-order valence-corrected chi connectivity index (χ1v) is 5.76. The summed E-state index contributed by atoms with van der Waals surface area (Å²) in [6.45, 7) is 1.43. The summed E-state index contributed by atoms with van der Waals surface area (Å²) in [6, 6.07) is 4.81. The molecule has 15 heavy (non-hydrogen) atoms. The highest BCUT2D eigenvalue weighted by Crippen LogP contribution is 2.32. The molecular formula is C11H13BrFNO. The van der Waals surface area contributed by atoms with Gasteiger partial charge in [-0.1, -0.05) is 12.1 Å². The molecule has 0 spiro atoms. The Morgan fingerprint density at radius 2 is 2.33 bits per heavy atom. The molecule has 0 amide bonds. The summed E-state index contributed by atoms with van der Waals surface area (Å²) >= 11 is 3.23. The highest BCUT2D eigenvalue weighted by atomic mass is 79.9. The molecule has 1 aromatic carbocycles. The van der Waals surface area contributed by atoms with Crippen LogP contribution >= 0.6 is 15.9 Å². The van der Waals surface area contributed by atoms with E-state index in [0.717, 1.165) is 18.6 Å². The Hall–Kier alpha value is -0.450. The predicted octanol–water partition coefficient (Wildman–Crippen LogP) is 2.62. The van der Waals surface area contributed by atoms with Gasteiger partial charge in [0.1, 0.15) is 5.82 Å². The highest BCUT2D eigenvalue weighted by molar-refractivity contribution is 9.10. The molecule has 0 aliphatic carbocycles. The van der Waals surface area contributed by atoms with Crippen LogP contribution < -0.4 is 5.73 Å². The number of nitrogens with two attached hydrogens (primary N) is 1. The van der Waals surface area contributed by atoms with Crippen LogP contribution in [-0.4, -0.2) is 13.2 Å². The number of rotatable bonds is 2. The van der Waals surface area contributed by atoms with Crippen molar-refractivity contribution in [2.24, 2.45) is 11.7 Å². The molecule has 1 heterocycles. The standard InChI is InChI=1S/C11H13BrFNO/c12-10-8(2-1-3-9(10)13)11(14)7-4-5-15-6-7/h1-3,7,11H,4-6,14H2. The first kappa shape index (κ1) is 11.0. The van der Waals surface area contributed by atoms with E-state index in [0.29, 0.717) is 17.0 Å². The topological polar surface area (TPSA) is 35.2 Å². The molecule has 2 nitrogen and oxygen atoms in total. The first-order chi connectivity index (χ1) is 7.20. The zero-order chi connectivity index (χ0) is 10.8. The number of hydrogen-bond donors (Lipinski definition) is 1. The van der Waals surface area contributed by atoms with Gasteiger partial charge >= 0.3 is 0 Å². The maximum absolute atomic E-state index is 13.3. The molecule has 0 saturated carbocycles. The zero-order valence-corrected chi connectivity index (χ0v) is 9.84. The van der Waals surface area contributed by atoms with Crippen molar-refractivity contribution >= 4 is 15.9 Å². The highest BCUT2D eigenvalue weighted by Gasteiger charge is 2.25. The number of benzene rings is 1. The summed E-state index contributed by atoms with van der Waals surface area (Å²) in [4.78, 5) is 0. The second-order valence-electron chi connectivity index (χ2n) is 3.79. The molecule has 0 aromatic heterocycles. The molecule has 2 atom stereocenters. The van der Waals surface area contributed by atoms with E-state index in [1.807, 2.05) is 6.07 Å². The van der Waals surface area contributed by atoms with Crippen LogP contribution in [0.4, 0.5) is 4.39 Å². The van der Waals surface area contributed by atoms with Gasteiger partial charge in [-0.25, -0.2) is 4.39 Å². The van der Waals surface area contributed by atoms with Crippen LogP contribution in [0.1, 0.15) is 18.0 Å². The molecule has 2 unspecified atom stereocenters. The maximum Gasteiger partial charge on any atom is 0.137 e. The fourth-order valence-electron chi connectivity index (χ4n) is 1.87. The van der Waals surface area contributed by atoms with Gasteiger partial charge in [-0.2, -0.15) is 0 Å². The molecule has 0 radical (unpaired) electrons. The summed E-state index contributed by atoms with van der Waals surface area (Å²) in [5.74, 6) is 0.0324. The monoisotopic (exact) mass is 273 g/mol. The minimum Gasteiger partial charge on any atom is -0.381 e. The van der Waals surface area contributed by atoms with Crippen LogP contribution in [0.15, 0.2) is 22.7 Å². The molecule has 1 saturated heterocycles. The summed E-state index contributed by atoms with van der Waals surface area (Å²) in [5.41, 5.74) is 6.92. The molecule has 2 rings (SSSR count). The molecule has 82 valence electrons. The lowest BCUT2D eigenvalue weighted by Crippen LogP contribution is -2.22. The SMILES string of the molecule is NC(c1cccc(F)c1Br)C1CCOC1. The fourth-order valence-corrected chi connectivity index (χ4v) is 2.40. The number of ether oxygens (including phenoxy) is 1. The van der Waals surface area contributed by atoms with Crippen molar-refractivity contribution in [2.75, 3.05) is 13.2 Å². The minimum atomic E-state index is -0.262. The molecule has 1 fully saturated rings. The molecule has 1 aromatic rings. The third-order valence-electron chi connectivity index (χ3n) is 2.81. The normalized spacial score (nSPS) is 23.0. The Labute approximate surface area is 96.7 Å². The number of halogens is 2. The molecular weight excluding hydrogens is 261 g/mol. The van der Waals surface area contributed by atoms with E-state index >= 15 is 0 Å². The smallest absolute Gasteiger partial charge is 0.137 e. The molecule has 1 aliphatic heterocycles. The van der Waals surface area contributed by atoms with Crippen LogP contribution in [0.2, 0.25) is 0 Å². The molecule has 2 N–H and O–H groups in total. The number of hydrogen-bond acceptors (Lipinski definition) is 2. The second-order valence-corrected chi connectivity index (χ2v) is 4.59. The quantitative estimate of drug-likeness (QED) is 0.899. The first-order valence-electron chi connectivity index (χ1n) is 4.97.